The molecule has 0 aliphatic carbocycles. The predicted molar refractivity (Wildman–Crippen MR) is 71.1 cm³/mol. The Morgan fingerprint density at radius 3 is 2.47 bits per heavy atom. The predicted octanol–water partition coefficient (Wildman–Crippen LogP) is 1.33. The molecule has 8 heteroatoms. The van der Waals surface area contributed by atoms with E-state index < -0.39 is 10.0 Å². The molecule has 2 heterocycles. The van der Waals surface area contributed by atoms with Crippen molar-refractivity contribution in [1.29, 1.82) is 0 Å². The molecule has 2 rings (SSSR count). The molecule has 2 atom stereocenters. The van der Waals surface area contributed by atoms with Gasteiger partial charge in [0.05, 0.1) is 12.2 Å². The number of aliphatic hydroxyl groups is 1. The minimum Gasteiger partial charge on any atom is -0.450 e. The van der Waals surface area contributed by atoms with Crippen LogP contribution in [0.4, 0.5) is 0 Å². The Morgan fingerprint density at radius 2 is 2.00 bits per heavy atom. The number of nitrogens with zero attached hydrogens (tertiary/aromatic N) is 1. The lowest BCUT2D eigenvalue weighted by molar-refractivity contribution is -0.0441. The van der Waals surface area contributed by atoms with Gasteiger partial charge in [-0.3, -0.25) is 0 Å². The number of ether oxygens (including phenoxy) is 1. The van der Waals surface area contributed by atoms with Crippen LogP contribution in [0.2, 0.25) is 0 Å². The fourth-order valence-corrected chi connectivity index (χ4v) is 4.67. The molecule has 108 valence electrons. The first-order valence-corrected chi connectivity index (χ1v) is 8.12. The van der Waals surface area contributed by atoms with Crippen molar-refractivity contribution in [2.75, 3.05) is 13.1 Å². The minimum atomic E-state index is -3.65. The summed E-state index contributed by atoms with van der Waals surface area (Å²) in [6, 6.07) is 1.34. The van der Waals surface area contributed by atoms with Gasteiger partial charge in [-0.25, -0.2) is 8.42 Å². The Hall–Kier alpha value is -0.410. The number of hydrogen-bond acceptors (Lipinski definition) is 5. The molecule has 0 spiro atoms. The van der Waals surface area contributed by atoms with Gasteiger partial charge in [0.25, 0.3) is 0 Å². The maximum atomic E-state index is 12.5. The highest BCUT2D eigenvalue weighted by Gasteiger charge is 2.34. The van der Waals surface area contributed by atoms with Crippen molar-refractivity contribution in [2.45, 2.75) is 37.6 Å². The Labute approximate surface area is 120 Å². The molecule has 1 N–H and O–H groups in total. The number of aliphatic hydroxyl groups excluding tert-OH is 1. The summed E-state index contributed by atoms with van der Waals surface area (Å²) in [7, 11) is -3.65. The third-order valence-corrected chi connectivity index (χ3v) is 5.55. The van der Waals surface area contributed by atoms with E-state index in [4.69, 9.17) is 14.3 Å². The third-order valence-electron chi connectivity index (χ3n) is 2.87. The van der Waals surface area contributed by atoms with E-state index in [1.807, 2.05) is 13.8 Å². The molecule has 0 radical (unpaired) electrons. The summed E-state index contributed by atoms with van der Waals surface area (Å²) in [5, 5.41) is 8.99. The normalized spacial score (nSPS) is 25.7. The molecule has 0 saturated carbocycles. The van der Waals surface area contributed by atoms with Crippen LogP contribution < -0.4 is 0 Å². The van der Waals surface area contributed by atoms with Gasteiger partial charge in [0.2, 0.25) is 10.0 Å². The zero-order chi connectivity index (χ0) is 14.2. The van der Waals surface area contributed by atoms with Crippen molar-refractivity contribution in [3.8, 4) is 0 Å². The van der Waals surface area contributed by atoms with Gasteiger partial charge in [-0.15, -0.1) is 0 Å². The highest BCUT2D eigenvalue weighted by atomic mass is 79.9. The van der Waals surface area contributed by atoms with Crippen molar-refractivity contribution in [3.63, 3.8) is 0 Å². The molecule has 0 unspecified atom stereocenters. The molecule has 1 fully saturated rings. The number of furan rings is 1. The van der Waals surface area contributed by atoms with Crippen LogP contribution in [0.15, 0.2) is 20.0 Å². The Kier molecular flexibility index (Phi) is 4.36. The summed E-state index contributed by atoms with van der Waals surface area (Å²) in [5.74, 6) is 0.208. The van der Waals surface area contributed by atoms with E-state index in [-0.39, 0.29) is 34.1 Å². The van der Waals surface area contributed by atoms with Crippen LogP contribution in [0.25, 0.3) is 0 Å². The first kappa shape index (κ1) is 15.0. The van der Waals surface area contributed by atoms with E-state index in [1.54, 1.807) is 0 Å². The van der Waals surface area contributed by atoms with Crippen LogP contribution in [-0.4, -0.2) is 43.1 Å². The van der Waals surface area contributed by atoms with Gasteiger partial charge in [0.1, 0.15) is 17.3 Å². The monoisotopic (exact) mass is 353 g/mol. The van der Waals surface area contributed by atoms with Gasteiger partial charge in [-0.05, 0) is 29.8 Å². The molecule has 1 aliphatic rings. The second kappa shape index (κ2) is 5.53. The molecule has 19 heavy (non-hydrogen) atoms. The minimum absolute atomic E-state index is 0.0397. The topological polar surface area (TPSA) is 80.0 Å². The number of rotatable bonds is 3. The van der Waals surface area contributed by atoms with E-state index in [0.717, 1.165) is 0 Å². The zero-order valence-corrected chi connectivity index (χ0v) is 13.1. The fraction of sp³-hybridized carbons (Fsp3) is 0.636. The van der Waals surface area contributed by atoms with Crippen molar-refractivity contribution in [1.82, 2.24) is 4.31 Å². The standard InChI is InChI=1S/C11H16BrNO5S/c1-7-4-13(5-8(2)17-7)19(15,16)10-3-9(6-14)18-11(10)12/h3,7-8,14H,4-6H2,1-2H3/t7-,8+. The Balaban J connectivity index is 2.33. The summed E-state index contributed by atoms with van der Waals surface area (Å²) >= 11 is 3.08. The highest BCUT2D eigenvalue weighted by molar-refractivity contribution is 9.10. The van der Waals surface area contributed by atoms with Crippen LogP contribution >= 0.6 is 15.9 Å². The molecule has 1 saturated heterocycles. The van der Waals surface area contributed by atoms with E-state index in [2.05, 4.69) is 15.9 Å². The first-order chi connectivity index (χ1) is 8.84. The third kappa shape index (κ3) is 3.03. The quantitative estimate of drug-likeness (QED) is 0.886. The van der Waals surface area contributed by atoms with E-state index in [1.165, 1.54) is 10.4 Å². The molecule has 6 nitrogen and oxygen atoms in total. The van der Waals surface area contributed by atoms with Crippen molar-refractivity contribution in [3.05, 3.63) is 16.5 Å². The molecule has 1 aromatic heterocycles. The molecule has 1 aromatic rings. The highest BCUT2D eigenvalue weighted by Crippen LogP contribution is 2.30. The molecular weight excluding hydrogens is 338 g/mol. The molecule has 0 bridgehead atoms. The first-order valence-electron chi connectivity index (χ1n) is 5.89. The number of sulfonamides is 1. The average molecular weight is 354 g/mol. The molecular formula is C11H16BrNO5S. The summed E-state index contributed by atoms with van der Waals surface area (Å²) in [5.41, 5.74) is 0. The molecule has 0 aromatic carbocycles. The van der Waals surface area contributed by atoms with Gasteiger partial charge < -0.3 is 14.3 Å². The second-order valence-electron chi connectivity index (χ2n) is 4.59. The average Bonchev–Trinajstić information content (AvgIpc) is 2.70. The van der Waals surface area contributed by atoms with Gasteiger partial charge in [-0.1, -0.05) is 0 Å². The van der Waals surface area contributed by atoms with Crippen LogP contribution in [0.3, 0.4) is 0 Å². The largest absolute Gasteiger partial charge is 0.450 e. The maximum Gasteiger partial charge on any atom is 0.247 e. The van der Waals surface area contributed by atoms with Gasteiger partial charge in [-0.2, -0.15) is 4.31 Å². The van der Waals surface area contributed by atoms with Crippen molar-refractivity contribution < 1.29 is 22.7 Å². The Bertz CT molecular complexity index is 545. The number of halogens is 1. The lowest BCUT2D eigenvalue weighted by atomic mass is 10.3. The lowest BCUT2D eigenvalue weighted by Gasteiger charge is -2.34. The van der Waals surface area contributed by atoms with E-state index >= 15 is 0 Å². The van der Waals surface area contributed by atoms with Crippen LogP contribution in [0.1, 0.15) is 19.6 Å². The van der Waals surface area contributed by atoms with Crippen LogP contribution in [0.5, 0.6) is 0 Å². The number of hydrogen-bond donors (Lipinski definition) is 1. The summed E-state index contributed by atoms with van der Waals surface area (Å²) < 4.78 is 37.2. The summed E-state index contributed by atoms with van der Waals surface area (Å²) in [6.07, 6.45) is -0.303. The molecule has 1 aliphatic heterocycles. The summed E-state index contributed by atoms with van der Waals surface area (Å²) in [4.78, 5) is 0.0397. The van der Waals surface area contributed by atoms with Gasteiger partial charge in [0, 0.05) is 19.2 Å². The lowest BCUT2D eigenvalue weighted by Crippen LogP contribution is -2.48. The van der Waals surface area contributed by atoms with Gasteiger partial charge >= 0.3 is 0 Å². The van der Waals surface area contributed by atoms with Gasteiger partial charge in [0.15, 0.2) is 4.67 Å². The van der Waals surface area contributed by atoms with E-state index in [0.29, 0.717) is 13.1 Å². The summed E-state index contributed by atoms with van der Waals surface area (Å²) in [6.45, 7) is 3.94. The smallest absolute Gasteiger partial charge is 0.247 e. The molecule has 0 amide bonds. The second-order valence-corrected chi connectivity index (χ2v) is 7.21. The van der Waals surface area contributed by atoms with E-state index in [9.17, 15) is 8.42 Å². The fourth-order valence-electron chi connectivity index (χ4n) is 2.12. The maximum absolute atomic E-state index is 12.5. The van der Waals surface area contributed by atoms with Crippen molar-refractivity contribution in [2.24, 2.45) is 0 Å². The van der Waals surface area contributed by atoms with Crippen LogP contribution in [0, 0.1) is 0 Å². The zero-order valence-electron chi connectivity index (χ0n) is 10.7. The number of morpholine rings is 1. The van der Waals surface area contributed by atoms with Crippen molar-refractivity contribution >= 4 is 26.0 Å². The van der Waals surface area contributed by atoms with Crippen LogP contribution in [-0.2, 0) is 21.4 Å². The Morgan fingerprint density at radius 1 is 1.42 bits per heavy atom. The SMILES string of the molecule is C[C@@H]1CN(S(=O)(=O)c2cc(CO)oc2Br)C[C@H](C)O1.